The van der Waals surface area contributed by atoms with Gasteiger partial charge in [-0.25, -0.2) is 0 Å². The molecular formula is C18H29NO3. The summed E-state index contributed by atoms with van der Waals surface area (Å²) in [5.74, 6) is 1.97. The SMILES string of the molecule is COc1ccc(CC(=O)NCC(C)(C)CC(C)C)cc1OC. The second-order valence-electron chi connectivity index (χ2n) is 6.91. The standard InChI is InChI=1S/C18H29NO3/c1-13(2)11-18(3,4)12-19-17(20)10-14-7-8-15(21-5)16(9-14)22-6/h7-9,13H,10-12H2,1-6H3,(H,19,20). The molecule has 1 N–H and O–H groups in total. The predicted octanol–water partition coefficient (Wildman–Crippen LogP) is 3.43. The molecule has 4 heteroatoms. The van der Waals surface area contributed by atoms with Crippen LogP contribution in [-0.4, -0.2) is 26.7 Å². The van der Waals surface area contributed by atoms with E-state index in [1.165, 1.54) is 0 Å². The van der Waals surface area contributed by atoms with E-state index in [1.807, 2.05) is 18.2 Å². The summed E-state index contributed by atoms with van der Waals surface area (Å²) in [7, 11) is 3.19. The van der Waals surface area contributed by atoms with Crippen molar-refractivity contribution in [3.63, 3.8) is 0 Å². The minimum atomic E-state index is 0.0315. The van der Waals surface area contributed by atoms with Gasteiger partial charge < -0.3 is 14.8 Å². The average molecular weight is 307 g/mol. The summed E-state index contributed by atoms with van der Waals surface area (Å²) < 4.78 is 10.5. The number of nitrogens with one attached hydrogen (secondary N) is 1. The van der Waals surface area contributed by atoms with Crippen molar-refractivity contribution in [3.05, 3.63) is 23.8 Å². The molecule has 0 aliphatic rings. The van der Waals surface area contributed by atoms with Gasteiger partial charge in [-0.1, -0.05) is 33.8 Å². The molecule has 4 nitrogen and oxygen atoms in total. The maximum atomic E-state index is 12.1. The van der Waals surface area contributed by atoms with E-state index < -0.39 is 0 Å². The predicted molar refractivity (Wildman–Crippen MR) is 89.5 cm³/mol. The van der Waals surface area contributed by atoms with Crippen LogP contribution in [-0.2, 0) is 11.2 Å². The van der Waals surface area contributed by atoms with Crippen molar-refractivity contribution in [1.29, 1.82) is 0 Å². The van der Waals surface area contributed by atoms with E-state index in [-0.39, 0.29) is 11.3 Å². The Labute approximate surface area is 134 Å². The lowest BCUT2D eigenvalue weighted by molar-refractivity contribution is -0.120. The highest BCUT2D eigenvalue weighted by atomic mass is 16.5. The fraction of sp³-hybridized carbons (Fsp3) is 0.611. The average Bonchev–Trinajstić information content (AvgIpc) is 2.44. The second-order valence-corrected chi connectivity index (χ2v) is 6.91. The topological polar surface area (TPSA) is 47.6 Å². The zero-order chi connectivity index (χ0) is 16.8. The maximum Gasteiger partial charge on any atom is 0.224 e. The van der Waals surface area contributed by atoms with Gasteiger partial charge in [0.25, 0.3) is 0 Å². The first-order chi connectivity index (χ1) is 10.3. The third-order valence-electron chi connectivity index (χ3n) is 3.54. The van der Waals surface area contributed by atoms with Gasteiger partial charge >= 0.3 is 0 Å². The molecule has 0 spiro atoms. The van der Waals surface area contributed by atoms with Gasteiger partial charge in [0.1, 0.15) is 0 Å². The third-order valence-corrected chi connectivity index (χ3v) is 3.54. The first-order valence-electron chi connectivity index (χ1n) is 7.75. The lowest BCUT2D eigenvalue weighted by Crippen LogP contribution is -2.35. The number of ether oxygens (including phenoxy) is 2. The van der Waals surface area contributed by atoms with E-state index in [0.717, 1.165) is 12.0 Å². The van der Waals surface area contributed by atoms with Crippen LogP contribution in [0.5, 0.6) is 11.5 Å². The Hall–Kier alpha value is -1.71. The highest BCUT2D eigenvalue weighted by molar-refractivity contribution is 5.78. The molecule has 22 heavy (non-hydrogen) atoms. The Balaban J connectivity index is 2.58. The van der Waals surface area contributed by atoms with Crippen LogP contribution in [0.1, 0.15) is 39.7 Å². The largest absolute Gasteiger partial charge is 0.493 e. The van der Waals surface area contributed by atoms with Crippen molar-refractivity contribution in [2.75, 3.05) is 20.8 Å². The van der Waals surface area contributed by atoms with Crippen LogP contribution in [0.4, 0.5) is 0 Å². The van der Waals surface area contributed by atoms with E-state index in [4.69, 9.17) is 9.47 Å². The molecule has 0 heterocycles. The van der Waals surface area contributed by atoms with Gasteiger partial charge in [-0.3, -0.25) is 4.79 Å². The van der Waals surface area contributed by atoms with E-state index in [0.29, 0.717) is 30.4 Å². The Morgan fingerprint density at radius 2 is 1.82 bits per heavy atom. The molecule has 0 aliphatic carbocycles. The number of carbonyl (C=O) groups excluding carboxylic acids is 1. The molecule has 0 saturated heterocycles. The number of benzene rings is 1. The summed E-state index contributed by atoms with van der Waals surface area (Å²) in [6.45, 7) is 9.46. The Bertz CT molecular complexity index is 495. The molecule has 0 radical (unpaired) electrons. The Morgan fingerprint density at radius 1 is 1.18 bits per heavy atom. The van der Waals surface area contributed by atoms with Crippen LogP contribution in [0.25, 0.3) is 0 Å². The van der Waals surface area contributed by atoms with E-state index in [9.17, 15) is 4.79 Å². The van der Waals surface area contributed by atoms with Gasteiger partial charge in [0, 0.05) is 6.54 Å². The first-order valence-corrected chi connectivity index (χ1v) is 7.75. The lowest BCUT2D eigenvalue weighted by Gasteiger charge is -2.27. The summed E-state index contributed by atoms with van der Waals surface area (Å²) in [6.07, 6.45) is 1.43. The zero-order valence-electron chi connectivity index (χ0n) is 14.7. The molecule has 1 amide bonds. The van der Waals surface area contributed by atoms with E-state index in [2.05, 4.69) is 33.0 Å². The first kappa shape index (κ1) is 18.3. The van der Waals surface area contributed by atoms with Crippen molar-refractivity contribution >= 4 is 5.91 Å². The highest BCUT2D eigenvalue weighted by Gasteiger charge is 2.20. The maximum absolute atomic E-state index is 12.1. The van der Waals surface area contributed by atoms with Crippen LogP contribution in [0, 0.1) is 11.3 Å². The Morgan fingerprint density at radius 3 is 2.36 bits per heavy atom. The van der Waals surface area contributed by atoms with Crippen LogP contribution in [0.15, 0.2) is 18.2 Å². The normalized spacial score (nSPS) is 11.4. The van der Waals surface area contributed by atoms with Crippen molar-refractivity contribution in [2.24, 2.45) is 11.3 Å². The van der Waals surface area contributed by atoms with Crippen molar-refractivity contribution in [3.8, 4) is 11.5 Å². The molecule has 0 aromatic heterocycles. The summed E-state index contributed by atoms with van der Waals surface area (Å²) in [4.78, 5) is 12.1. The van der Waals surface area contributed by atoms with E-state index >= 15 is 0 Å². The molecule has 0 fully saturated rings. The van der Waals surface area contributed by atoms with Gasteiger partial charge in [-0.15, -0.1) is 0 Å². The molecule has 1 aromatic carbocycles. The number of amides is 1. The molecule has 124 valence electrons. The van der Waals surface area contributed by atoms with Crippen molar-refractivity contribution in [2.45, 2.75) is 40.5 Å². The summed E-state index contributed by atoms with van der Waals surface area (Å²) >= 11 is 0. The molecule has 0 unspecified atom stereocenters. The summed E-state index contributed by atoms with van der Waals surface area (Å²) in [5.41, 5.74) is 1.03. The molecular weight excluding hydrogens is 278 g/mol. The minimum Gasteiger partial charge on any atom is -0.493 e. The fourth-order valence-electron chi connectivity index (χ4n) is 2.75. The second kappa shape index (κ2) is 8.06. The van der Waals surface area contributed by atoms with Crippen LogP contribution < -0.4 is 14.8 Å². The minimum absolute atomic E-state index is 0.0315. The molecule has 1 rings (SSSR count). The number of hydrogen-bond acceptors (Lipinski definition) is 3. The Kier molecular flexibility index (Phi) is 6.72. The van der Waals surface area contributed by atoms with Gasteiger partial charge in [0.2, 0.25) is 5.91 Å². The number of carbonyl (C=O) groups is 1. The summed E-state index contributed by atoms with van der Waals surface area (Å²) in [6, 6.07) is 5.56. The molecule has 1 aromatic rings. The molecule has 0 saturated carbocycles. The van der Waals surface area contributed by atoms with Crippen molar-refractivity contribution < 1.29 is 14.3 Å². The smallest absolute Gasteiger partial charge is 0.224 e. The molecule has 0 aliphatic heterocycles. The number of rotatable bonds is 8. The van der Waals surface area contributed by atoms with Gasteiger partial charge in [0.05, 0.1) is 20.6 Å². The van der Waals surface area contributed by atoms with Crippen LogP contribution in [0.3, 0.4) is 0 Å². The summed E-state index contributed by atoms with van der Waals surface area (Å²) in [5, 5.41) is 3.03. The van der Waals surface area contributed by atoms with Crippen molar-refractivity contribution in [1.82, 2.24) is 5.32 Å². The fourth-order valence-corrected chi connectivity index (χ4v) is 2.75. The highest BCUT2D eigenvalue weighted by Crippen LogP contribution is 2.28. The zero-order valence-corrected chi connectivity index (χ0v) is 14.7. The third kappa shape index (κ3) is 5.96. The van der Waals surface area contributed by atoms with Gasteiger partial charge in [-0.2, -0.15) is 0 Å². The lowest BCUT2D eigenvalue weighted by atomic mass is 9.84. The molecule has 0 bridgehead atoms. The van der Waals surface area contributed by atoms with Crippen LogP contribution in [0.2, 0.25) is 0 Å². The monoisotopic (exact) mass is 307 g/mol. The van der Waals surface area contributed by atoms with Crippen LogP contribution >= 0.6 is 0 Å². The van der Waals surface area contributed by atoms with Gasteiger partial charge in [0.15, 0.2) is 11.5 Å². The number of hydrogen-bond donors (Lipinski definition) is 1. The van der Waals surface area contributed by atoms with E-state index in [1.54, 1.807) is 14.2 Å². The number of methoxy groups -OCH3 is 2. The quantitative estimate of drug-likeness (QED) is 0.800. The molecule has 0 atom stereocenters. The van der Waals surface area contributed by atoms with Gasteiger partial charge in [-0.05, 0) is 35.4 Å².